The van der Waals surface area contributed by atoms with Crippen LogP contribution in [0.4, 0.5) is 0 Å². The number of carbonyl (C=O) groups is 1. The van der Waals surface area contributed by atoms with Crippen molar-refractivity contribution in [1.82, 2.24) is 0 Å². The van der Waals surface area contributed by atoms with Crippen molar-refractivity contribution >= 4 is 5.97 Å². The monoisotopic (exact) mass is 532 g/mol. The van der Waals surface area contributed by atoms with Gasteiger partial charge in [-0.05, 0) is 58.4 Å². The van der Waals surface area contributed by atoms with Gasteiger partial charge in [-0.3, -0.25) is 0 Å². The highest BCUT2D eigenvalue weighted by molar-refractivity contribution is 5.88. The Balaban J connectivity index is 2.87. The van der Waals surface area contributed by atoms with Gasteiger partial charge in [-0.2, -0.15) is 0 Å². The van der Waals surface area contributed by atoms with Crippen LogP contribution >= 0.6 is 0 Å². The summed E-state index contributed by atoms with van der Waals surface area (Å²) in [4.78, 5) is 12.9. The minimum absolute atomic E-state index is 0.0636. The van der Waals surface area contributed by atoms with Gasteiger partial charge in [0, 0.05) is 29.7 Å². The van der Waals surface area contributed by atoms with Crippen molar-refractivity contribution in [3.8, 4) is 0 Å². The first-order chi connectivity index (χ1) is 17.8. The Labute approximate surface area is 230 Å². The van der Waals surface area contributed by atoms with Crippen LogP contribution in [0.3, 0.4) is 0 Å². The molecule has 0 saturated heterocycles. The van der Waals surface area contributed by atoms with Crippen molar-refractivity contribution in [2.75, 3.05) is 0 Å². The minimum atomic E-state index is -0.791. The molecule has 0 spiro atoms. The molecule has 0 fully saturated rings. The van der Waals surface area contributed by atoms with Crippen LogP contribution in [-0.4, -0.2) is 56.9 Å². The highest BCUT2D eigenvalue weighted by Gasteiger charge is 2.29. The maximum Gasteiger partial charge on any atom is 0.334 e. The quantitative estimate of drug-likeness (QED) is 0.233. The van der Waals surface area contributed by atoms with Crippen LogP contribution in [0.15, 0.2) is 59.8 Å². The van der Waals surface area contributed by atoms with Crippen molar-refractivity contribution in [1.29, 1.82) is 0 Å². The predicted molar refractivity (Wildman–Crippen MR) is 154 cm³/mol. The largest absolute Gasteiger partial charge is 0.458 e. The second kappa shape index (κ2) is 17.6. The number of aliphatic hydroxyl groups excluding tert-OH is 4. The van der Waals surface area contributed by atoms with Crippen molar-refractivity contribution in [3.63, 3.8) is 0 Å². The van der Waals surface area contributed by atoms with Crippen LogP contribution in [0.5, 0.6) is 0 Å². The molecule has 1 aliphatic rings. The number of cyclic esters (lactones) is 1. The van der Waals surface area contributed by atoms with Gasteiger partial charge >= 0.3 is 5.97 Å². The molecule has 0 saturated carbocycles. The predicted octanol–water partition coefficient (Wildman–Crippen LogP) is 5.43. The molecular weight excluding hydrogens is 480 g/mol. The molecule has 0 aliphatic carbocycles. The number of rotatable bonds is 9. The van der Waals surface area contributed by atoms with Crippen molar-refractivity contribution < 1.29 is 30.0 Å². The Morgan fingerprint density at radius 3 is 2.26 bits per heavy atom. The number of aliphatic hydroxyl groups is 4. The van der Waals surface area contributed by atoms with Crippen LogP contribution in [0.25, 0.3) is 0 Å². The zero-order valence-electron chi connectivity index (χ0n) is 24.5. The third-order valence-corrected chi connectivity index (χ3v) is 7.59. The molecule has 1 heterocycles. The Kier molecular flexibility index (Phi) is 15.7. The lowest BCUT2D eigenvalue weighted by molar-refractivity contribution is -0.146. The van der Waals surface area contributed by atoms with E-state index in [-0.39, 0.29) is 35.7 Å². The van der Waals surface area contributed by atoms with E-state index in [1.165, 1.54) is 0 Å². The summed E-state index contributed by atoms with van der Waals surface area (Å²) in [5.74, 6) is -1.04. The van der Waals surface area contributed by atoms with Crippen LogP contribution in [-0.2, 0) is 9.53 Å². The van der Waals surface area contributed by atoms with E-state index in [2.05, 4.69) is 19.1 Å². The molecule has 0 aromatic heterocycles. The molecule has 9 atom stereocenters. The maximum atomic E-state index is 12.9. The van der Waals surface area contributed by atoms with Gasteiger partial charge in [0.25, 0.3) is 0 Å². The topological polar surface area (TPSA) is 107 Å². The molecule has 0 aromatic carbocycles. The Bertz CT molecular complexity index is 852. The van der Waals surface area contributed by atoms with Gasteiger partial charge in [-0.25, -0.2) is 4.79 Å². The summed E-state index contributed by atoms with van der Waals surface area (Å²) in [5, 5.41) is 41.0. The summed E-state index contributed by atoms with van der Waals surface area (Å²) in [5.41, 5.74) is 1.42. The molecule has 216 valence electrons. The Hall–Kier alpha value is -1.99. The van der Waals surface area contributed by atoms with E-state index in [4.69, 9.17) is 4.74 Å². The minimum Gasteiger partial charge on any atom is -0.458 e. The zero-order chi connectivity index (χ0) is 28.8. The first kappa shape index (κ1) is 34.0. The fourth-order valence-corrected chi connectivity index (χ4v) is 4.45. The third-order valence-electron chi connectivity index (χ3n) is 7.59. The average molecular weight is 533 g/mol. The van der Waals surface area contributed by atoms with Gasteiger partial charge < -0.3 is 25.2 Å². The zero-order valence-corrected chi connectivity index (χ0v) is 24.5. The lowest BCUT2D eigenvalue weighted by Crippen LogP contribution is -2.38. The highest BCUT2D eigenvalue weighted by atomic mass is 16.5. The molecule has 1 rings (SSSR count). The molecule has 0 bridgehead atoms. The van der Waals surface area contributed by atoms with Gasteiger partial charge in [0.2, 0.25) is 0 Å². The first-order valence-corrected chi connectivity index (χ1v) is 14.1. The van der Waals surface area contributed by atoms with E-state index in [0.717, 1.165) is 18.4 Å². The van der Waals surface area contributed by atoms with Gasteiger partial charge in [0.05, 0.1) is 24.4 Å². The third kappa shape index (κ3) is 12.2. The molecular formula is C32H52O6. The van der Waals surface area contributed by atoms with Crippen LogP contribution in [0.2, 0.25) is 0 Å². The number of ether oxygens (including phenoxy) is 1. The molecule has 0 unspecified atom stereocenters. The number of hydrogen-bond acceptors (Lipinski definition) is 6. The molecule has 0 aromatic rings. The summed E-state index contributed by atoms with van der Waals surface area (Å²) in [7, 11) is 0. The second-order valence-electron chi connectivity index (χ2n) is 11.2. The first-order valence-electron chi connectivity index (χ1n) is 14.1. The summed E-state index contributed by atoms with van der Waals surface area (Å²) < 4.78 is 5.93. The normalized spacial score (nSPS) is 31.6. The standard InChI is InChI=1S/C32H52O6/c1-21-19-23(3)28(34)16-11-9-8-10-12-18-30(38-32(37)24(4)20-21)22(2)15-13-14-17-29(35)26(6)31(36)25(5)27(7)33/h10-14,16,19-20,22-23,25-31,33-36H,8-9,15,17-18H2,1-7H3/b12-10+,14-13+,16-11+,21-19+,24-20+/t22-,23+,25+,26+,27-,28+,29-,30-,31-/m0/s1. The van der Waals surface area contributed by atoms with E-state index < -0.39 is 24.4 Å². The van der Waals surface area contributed by atoms with Crippen LogP contribution in [0, 0.1) is 23.7 Å². The molecule has 4 N–H and O–H groups in total. The molecule has 0 amide bonds. The summed E-state index contributed by atoms with van der Waals surface area (Å²) in [6.45, 7) is 12.9. The SMILES string of the molecule is CC1=C\[C@@H](C)[C@H](O)/C=C/CC/C=C/C[C@@H]([C@@H](C)C/C=C/C[C@H](O)[C@@H](C)[C@@H](O)[C@H](C)[C@H](C)O)OC(=O)\C(C)=C\1. The van der Waals surface area contributed by atoms with E-state index >= 15 is 0 Å². The lowest BCUT2D eigenvalue weighted by Gasteiger charge is -2.29. The number of allylic oxidation sites excluding steroid dienone is 5. The Morgan fingerprint density at radius 1 is 0.974 bits per heavy atom. The molecule has 6 nitrogen and oxygen atoms in total. The Morgan fingerprint density at radius 2 is 1.61 bits per heavy atom. The summed E-state index contributed by atoms with van der Waals surface area (Å²) in [6, 6.07) is 0. The van der Waals surface area contributed by atoms with E-state index in [9.17, 15) is 25.2 Å². The lowest BCUT2D eigenvalue weighted by atomic mass is 9.85. The highest BCUT2D eigenvalue weighted by Crippen LogP contribution is 2.23. The number of esters is 1. The van der Waals surface area contributed by atoms with Gasteiger partial charge in [-0.15, -0.1) is 0 Å². The van der Waals surface area contributed by atoms with Crippen molar-refractivity contribution in [2.24, 2.45) is 23.7 Å². The molecule has 38 heavy (non-hydrogen) atoms. The van der Waals surface area contributed by atoms with Crippen molar-refractivity contribution in [2.45, 2.75) is 111 Å². The van der Waals surface area contributed by atoms with Gasteiger partial charge in [0.15, 0.2) is 0 Å². The maximum absolute atomic E-state index is 12.9. The van der Waals surface area contributed by atoms with Gasteiger partial charge in [-0.1, -0.05) is 75.8 Å². The van der Waals surface area contributed by atoms with E-state index in [1.807, 2.05) is 44.2 Å². The summed E-state index contributed by atoms with van der Waals surface area (Å²) >= 11 is 0. The smallest absolute Gasteiger partial charge is 0.334 e. The van der Waals surface area contributed by atoms with Gasteiger partial charge in [0.1, 0.15) is 6.10 Å². The molecule has 6 heteroatoms. The summed E-state index contributed by atoms with van der Waals surface area (Å²) in [6.07, 6.45) is 16.0. The average Bonchev–Trinajstić information content (AvgIpc) is 2.86. The van der Waals surface area contributed by atoms with E-state index in [1.54, 1.807) is 33.8 Å². The van der Waals surface area contributed by atoms with Crippen LogP contribution in [0.1, 0.15) is 80.6 Å². The second-order valence-corrected chi connectivity index (χ2v) is 11.2. The number of carbonyl (C=O) groups excluding carboxylic acids is 1. The number of hydrogen-bond donors (Lipinski definition) is 4. The molecule has 0 radical (unpaired) electrons. The van der Waals surface area contributed by atoms with E-state index in [0.29, 0.717) is 24.8 Å². The fourth-order valence-electron chi connectivity index (χ4n) is 4.45. The van der Waals surface area contributed by atoms with Crippen molar-refractivity contribution in [3.05, 3.63) is 59.8 Å². The molecule has 1 aliphatic heterocycles. The fraction of sp³-hybridized carbons (Fsp3) is 0.656. The van der Waals surface area contributed by atoms with Crippen LogP contribution < -0.4 is 0 Å².